The summed E-state index contributed by atoms with van der Waals surface area (Å²) in [5.41, 5.74) is 5.58. The number of ether oxygens (including phenoxy) is 1. The summed E-state index contributed by atoms with van der Waals surface area (Å²) in [5.74, 6) is -0.917. The van der Waals surface area contributed by atoms with Gasteiger partial charge in [0.15, 0.2) is 0 Å². The predicted molar refractivity (Wildman–Crippen MR) is 73.5 cm³/mol. The van der Waals surface area contributed by atoms with Gasteiger partial charge < -0.3 is 15.8 Å². The van der Waals surface area contributed by atoms with Gasteiger partial charge in [-0.2, -0.15) is 0 Å². The van der Waals surface area contributed by atoms with Crippen molar-refractivity contribution in [1.82, 2.24) is 5.32 Å². The van der Waals surface area contributed by atoms with Crippen molar-refractivity contribution in [3.05, 3.63) is 29.6 Å². The minimum atomic E-state index is -0.571. The van der Waals surface area contributed by atoms with Crippen LogP contribution in [0.2, 0.25) is 0 Å². The van der Waals surface area contributed by atoms with Gasteiger partial charge in [-0.05, 0) is 38.8 Å². The third-order valence-corrected chi connectivity index (χ3v) is 2.61. The molecule has 106 valence electrons. The fourth-order valence-corrected chi connectivity index (χ4v) is 1.58. The molecule has 0 heterocycles. The third-order valence-electron chi connectivity index (χ3n) is 2.61. The first kappa shape index (κ1) is 15.4. The van der Waals surface area contributed by atoms with Crippen LogP contribution in [0.5, 0.6) is 0 Å². The standard InChI is InChI=1S/C14H21FN2O2/c1-10(2)19-9-4-3-8-17-14(18)11-6-5-7-12(15)13(11)16/h5-7,10H,3-4,8-9,16H2,1-2H3,(H,17,18). The number of carbonyl (C=O) groups is 1. The summed E-state index contributed by atoms with van der Waals surface area (Å²) in [6.07, 6.45) is 1.91. The molecule has 0 radical (unpaired) electrons. The van der Waals surface area contributed by atoms with E-state index in [1.807, 2.05) is 13.8 Å². The van der Waals surface area contributed by atoms with E-state index in [0.717, 1.165) is 12.8 Å². The van der Waals surface area contributed by atoms with E-state index < -0.39 is 5.82 Å². The summed E-state index contributed by atoms with van der Waals surface area (Å²) >= 11 is 0. The molecule has 0 fully saturated rings. The molecule has 4 nitrogen and oxygen atoms in total. The number of benzene rings is 1. The molecule has 0 spiro atoms. The summed E-state index contributed by atoms with van der Waals surface area (Å²) in [4.78, 5) is 11.8. The summed E-state index contributed by atoms with van der Waals surface area (Å²) < 4.78 is 18.6. The van der Waals surface area contributed by atoms with E-state index in [4.69, 9.17) is 10.5 Å². The quantitative estimate of drug-likeness (QED) is 0.589. The molecule has 0 saturated carbocycles. The van der Waals surface area contributed by atoms with Crippen LogP contribution in [0, 0.1) is 5.82 Å². The van der Waals surface area contributed by atoms with Gasteiger partial charge in [0.2, 0.25) is 0 Å². The highest BCUT2D eigenvalue weighted by Gasteiger charge is 2.11. The number of hydrogen-bond donors (Lipinski definition) is 2. The Morgan fingerprint density at radius 3 is 2.84 bits per heavy atom. The number of rotatable bonds is 7. The van der Waals surface area contributed by atoms with Crippen molar-refractivity contribution in [2.24, 2.45) is 0 Å². The van der Waals surface area contributed by atoms with Crippen LogP contribution in [0.1, 0.15) is 37.0 Å². The van der Waals surface area contributed by atoms with E-state index in [0.29, 0.717) is 13.2 Å². The van der Waals surface area contributed by atoms with Gasteiger partial charge in [0.25, 0.3) is 5.91 Å². The lowest BCUT2D eigenvalue weighted by Crippen LogP contribution is -2.25. The van der Waals surface area contributed by atoms with E-state index in [9.17, 15) is 9.18 Å². The molecular formula is C14H21FN2O2. The molecule has 1 aromatic carbocycles. The topological polar surface area (TPSA) is 64.3 Å². The van der Waals surface area contributed by atoms with E-state index >= 15 is 0 Å². The first-order valence-corrected chi connectivity index (χ1v) is 6.46. The minimum Gasteiger partial charge on any atom is -0.396 e. The van der Waals surface area contributed by atoms with Gasteiger partial charge in [0, 0.05) is 13.2 Å². The number of hydrogen-bond acceptors (Lipinski definition) is 3. The van der Waals surface area contributed by atoms with Crippen molar-refractivity contribution < 1.29 is 13.9 Å². The number of nitrogens with two attached hydrogens (primary N) is 1. The molecule has 5 heteroatoms. The minimum absolute atomic E-state index is 0.108. The molecule has 0 atom stereocenters. The number of unbranched alkanes of at least 4 members (excludes halogenated alkanes) is 1. The molecule has 1 rings (SSSR count). The second-order valence-corrected chi connectivity index (χ2v) is 4.58. The van der Waals surface area contributed by atoms with Crippen molar-refractivity contribution in [1.29, 1.82) is 0 Å². The van der Waals surface area contributed by atoms with Gasteiger partial charge in [-0.1, -0.05) is 6.07 Å². The maximum absolute atomic E-state index is 13.2. The Labute approximate surface area is 113 Å². The predicted octanol–water partition coefficient (Wildman–Crippen LogP) is 2.34. The SMILES string of the molecule is CC(C)OCCCCNC(=O)c1cccc(F)c1N. The Morgan fingerprint density at radius 1 is 1.42 bits per heavy atom. The first-order valence-electron chi connectivity index (χ1n) is 6.46. The molecular weight excluding hydrogens is 247 g/mol. The smallest absolute Gasteiger partial charge is 0.253 e. The van der Waals surface area contributed by atoms with Crippen molar-refractivity contribution >= 4 is 11.6 Å². The van der Waals surface area contributed by atoms with Gasteiger partial charge in [-0.3, -0.25) is 4.79 Å². The van der Waals surface area contributed by atoms with Crippen LogP contribution in [0.4, 0.5) is 10.1 Å². The molecule has 0 aliphatic rings. The van der Waals surface area contributed by atoms with Crippen LogP contribution in [0.15, 0.2) is 18.2 Å². The molecule has 0 aliphatic carbocycles. The number of nitrogens with one attached hydrogen (secondary N) is 1. The van der Waals surface area contributed by atoms with Crippen molar-refractivity contribution in [2.45, 2.75) is 32.8 Å². The van der Waals surface area contributed by atoms with Crippen molar-refractivity contribution in [3.63, 3.8) is 0 Å². The maximum Gasteiger partial charge on any atom is 0.253 e. The molecule has 0 bridgehead atoms. The largest absolute Gasteiger partial charge is 0.396 e. The third kappa shape index (κ3) is 5.26. The number of halogens is 1. The van der Waals surface area contributed by atoms with Gasteiger partial charge in [-0.15, -0.1) is 0 Å². The summed E-state index contributed by atoms with van der Waals surface area (Å²) in [7, 11) is 0. The molecule has 0 saturated heterocycles. The van der Waals surface area contributed by atoms with Gasteiger partial charge in [-0.25, -0.2) is 4.39 Å². The highest BCUT2D eigenvalue weighted by molar-refractivity contribution is 5.99. The van der Waals surface area contributed by atoms with Crippen LogP contribution in [0.3, 0.4) is 0 Å². The molecule has 0 aliphatic heterocycles. The number of nitrogen functional groups attached to an aromatic ring is 1. The van der Waals surface area contributed by atoms with E-state index in [-0.39, 0.29) is 23.3 Å². The van der Waals surface area contributed by atoms with Crippen LogP contribution < -0.4 is 11.1 Å². The average Bonchev–Trinajstić information content (AvgIpc) is 2.36. The molecule has 1 aromatic rings. The summed E-state index contributed by atoms with van der Waals surface area (Å²) in [5, 5.41) is 2.71. The van der Waals surface area contributed by atoms with Gasteiger partial charge >= 0.3 is 0 Å². The lowest BCUT2D eigenvalue weighted by Gasteiger charge is -2.09. The van der Waals surface area contributed by atoms with E-state index in [1.165, 1.54) is 18.2 Å². The van der Waals surface area contributed by atoms with Crippen molar-refractivity contribution in [3.8, 4) is 0 Å². The van der Waals surface area contributed by atoms with Crippen LogP contribution in [-0.4, -0.2) is 25.2 Å². The van der Waals surface area contributed by atoms with Crippen LogP contribution in [-0.2, 0) is 4.74 Å². The molecule has 3 N–H and O–H groups in total. The zero-order valence-corrected chi connectivity index (χ0v) is 11.4. The summed E-state index contributed by atoms with van der Waals surface area (Å²) in [6.45, 7) is 5.16. The lowest BCUT2D eigenvalue weighted by atomic mass is 10.1. The number of carbonyl (C=O) groups excluding carboxylic acids is 1. The van der Waals surface area contributed by atoms with E-state index in [1.54, 1.807) is 0 Å². The molecule has 19 heavy (non-hydrogen) atoms. The van der Waals surface area contributed by atoms with Crippen LogP contribution >= 0.6 is 0 Å². The Hall–Kier alpha value is -1.62. The fourth-order valence-electron chi connectivity index (χ4n) is 1.58. The maximum atomic E-state index is 13.2. The number of anilines is 1. The summed E-state index contributed by atoms with van der Waals surface area (Å²) in [6, 6.07) is 4.21. The number of para-hydroxylation sites is 1. The van der Waals surface area contributed by atoms with Gasteiger partial charge in [0.05, 0.1) is 17.4 Å². The van der Waals surface area contributed by atoms with E-state index in [2.05, 4.69) is 5.32 Å². The zero-order chi connectivity index (χ0) is 14.3. The highest BCUT2D eigenvalue weighted by atomic mass is 19.1. The zero-order valence-electron chi connectivity index (χ0n) is 11.4. The average molecular weight is 268 g/mol. The van der Waals surface area contributed by atoms with Crippen LogP contribution in [0.25, 0.3) is 0 Å². The molecule has 1 amide bonds. The molecule has 0 aromatic heterocycles. The highest BCUT2D eigenvalue weighted by Crippen LogP contribution is 2.15. The second kappa shape index (κ2) is 7.74. The Bertz CT molecular complexity index is 422. The Morgan fingerprint density at radius 2 is 2.16 bits per heavy atom. The monoisotopic (exact) mass is 268 g/mol. The first-order chi connectivity index (χ1) is 9.02. The molecule has 0 unspecified atom stereocenters. The lowest BCUT2D eigenvalue weighted by molar-refractivity contribution is 0.0754. The number of amides is 1. The van der Waals surface area contributed by atoms with Gasteiger partial charge in [0.1, 0.15) is 5.82 Å². The van der Waals surface area contributed by atoms with Crippen molar-refractivity contribution in [2.75, 3.05) is 18.9 Å². The second-order valence-electron chi connectivity index (χ2n) is 4.58. The fraction of sp³-hybridized carbons (Fsp3) is 0.500. The normalized spacial score (nSPS) is 10.7. The Kier molecular flexibility index (Phi) is 6.29. The Balaban J connectivity index is 2.30.